The van der Waals surface area contributed by atoms with E-state index in [-0.39, 0.29) is 0 Å². The van der Waals surface area contributed by atoms with Crippen molar-refractivity contribution in [2.75, 3.05) is 17.2 Å². The molecule has 18 heavy (non-hydrogen) atoms. The molecule has 0 bridgehead atoms. The van der Waals surface area contributed by atoms with E-state index in [1.165, 1.54) is 0 Å². The van der Waals surface area contributed by atoms with Crippen LogP contribution in [0.3, 0.4) is 0 Å². The second kappa shape index (κ2) is 5.76. The van der Waals surface area contributed by atoms with Gasteiger partial charge in [0.2, 0.25) is 5.91 Å². The molecule has 1 aromatic carbocycles. The lowest BCUT2D eigenvalue weighted by Crippen LogP contribution is -2.34. The lowest BCUT2D eigenvalue weighted by Gasteiger charge is -2.31. The van der Waals surface area contributed by atoms with Gasteiger partial charge in [0.1, 0.15) is 0 Å². The molecule has 0 spiro atoms. The Morgan fingerprint density at radius 3 is 2.28 bits per heavy atom. The number of hydrogen-bond donors (Lipinski definition) is 2. The zero-order valence-electron chi connectivity index (χ0n) is 11.6. The molecule has 1 amide bonds. The number of benzene rings is 1. The van der Waals surface area contributed by atoms with E-state index in [0.717, 1.165) is 12.2 Å². The Kier molecular flexibility index (Phi) is 4.59. The maximum absolute atomic E-state index is 11.1. The summed E-state index contributed by atoms with van der Waals surface area (Å²) >= 11 is 0. The van der Waals surface area contributed by atoms with E-state index in [1.54, 1.807) is 12.1 Å². The molecule has 4 N–H and O–H groups in total. The Hall–Kier alpha value is -1.71. The van der Waals surface area contributed by atoms with Gasteiger partial charge in [0.05, 0.1) is 11.4 Å². The van der Waals surface area contributed by atoms with E-state index >= 15 is 0 Å². The highest BCUT2D eigenvalue weighted by Crippen LogP contribution is 2.26. The van der Waals surface area contributed by atoms with Crippen molar-refractivity contribution in [3.8, 4) is 0 Å². The number of anilines is 2. The normalized spacial score (nSPS) is 11.0. The number of rotatable bonds is 5. The van der Waals surface area contributed by atoms with Gasteiger partial charge in [-0.3, -0.25) is 4.79 Å². The molecule has 100 valence electrons. The molecule has 0 atom stereocenters. The third-order valence-corrected chi connectivity index (χ3v) is 2.81. The molecule has 0 aliphatic rings. The van der Waals surface area contributed by atoms with E-state index in [9.17, 15) is 4.79 Å². The van der Waals surface area contributed by atoms with Crippen molar-refractivity contribution in [1.82, 2.24) is 0 Å². The summed E-state index contributed by atoms with van der Waals surface area (Å²) in [5.74, 6) is 0.0934. The van der Waals surface area contributed by atoms with Crippen LogP contribution in [0.2, 0.25) is 0 Å². The minimum Gasteiger partial charge on any atom is -0.397 e. The number of carbonyl (C=O) groups excluding carboxylic acids is 1. The van der Waals surface area contributed by atoms with Crippen molar-refractivity contribution in [1.29, 1.82) is 0 Å². The van der Waals surface area contributed by atoms with E-state index in [4.69, 9.17) is 11.5 Å². The third-order valence-electron chi connectivity index (χ3n) is 2.81. The van der Waals surface area contributed by atoms with Crippen molar-refractivity contribution in [3.63, 3.8) is 0 Å². The van der Waals surface area contributed by atoms with Crippen LogP contribution in [0, 0.1) is 5.92 Å². The first-order chi connectivity index (χ1) is 8.32. The lowest BCUT2D eigenvalue weighted by molar-refractivity contribution is 0.100. The zero-order chi connectivity index (χ0) is 13.9. The predicted molar refractivity (Wildman–Crippen MR) is 76.7 cm³/mol. The van der Waals surface area contributed by atoms with E-state index in [2.05, 4.69) is 32.6 Å². The minimum atomic E-state index is -0.451. The quantitative estimate of drug-likeness (QED) is 0.786. The highest BCUT2D eigenvalue weighted by molar-refractivity contribution is 5.94. The number of nitrogens with two attached hydrogens (primary N) is 2. The highest BCUT2D eigenvalue weighted by atomic mass is 16.1. The molecule has 4 heteroatoms. The SMILES string of the molecule is CC(C)CN(c1ccc(C(N)=O)cc1N)C(C)C. The van der Waals surface area contributed by atoms with Crippen LogP contribution in [0.15, 0.2) is 18.2 Å². The molecule has 0 fully saturated rings. The monoisotopic (exact) mass is 249 g/mol. The average Bonchev–Trinajstić information content (AvgIpc) is 2.25. The van der Waals surface area contributed by atoms with Gasteiger partial charge in [0.15, 0.2) is 0 Å². The molecule has 0 aromatic heterocycles. The van der Waals surface area contributed by atoms with Crippen LogP contribution in [0.4, 0.5) is 11.4 Å². The average molecular weight is 249 g/mol. The molecule has 1 aromatic rings. The van der Waals surface area contributed by atoms with Gasteiger partial charge in [-0.1, -0.05) is 13.8 Å². The van der Waals surface area contributed by atoms with Crippen molar-refractivity contribution in [2.45, 2.75) is 33.7 Å². The Morgan fingerprint density at radius 2 is 1.89 bits per heavy atom. The van der Waals surface area contributed by atoms with Crippen LogP contribution in [0.1, 0.15) is 38.1 Å². The fourth-order valence-corrected chi connectivity index (χ4v) is 1.95. The molecule has 0 radical (unpaired) electrons. The van der Waals surface area contributed by atoms with E-state index < -0.39 is 5.91 Å². The molecule has 0 aliphatic heterocycles. The van der Waals surface area contributed by atoms with Crippen LogP contribution >= 0.6 is 0 Å². The molecule has 1 rings (SSSR count). The molecule has 0 saturated carbocycles. The Labute approximate surface area is 109 Å². The second-order valence-electron chi connectivity index (χ2n) is 5.28. The van der Waals surface area contributed by atoms with E-state index in [1.807, 2.05) is 6.07 Å². The van der Waals surface area contributed by atoms with Crippen molar-refractivity contribution in [3.05, 3.63) is 23.8 Å². The minimum absolute atomic E-state index is 0.356. The van der Waals surface area contributed by atoms with Crippen LogP contribution in [-0.4, -0.2) is 18.5 Å². The Bertz CT molecular complexity index is 427. The summed E-state index contributed by atoms with van der Waals surface area (Å²) in [6.45, 7) is 9.53. The largest absolute Gasteiger partial charge is 0.397 e. The predicted octanol–water partition coefficient (Wildman–Crippen LogP) is 2.24. The fraction of sp³-hybridized carbons (Fsp3) is 0.500. The van der Waals surface area contributed by atoms with Gasteiger partial charge in [0.25, 0.3) is 0 Å². The summed E-state index contributed by atoms with van der Waals surface area (Å²) in [4.78, 5) is 13.3. The molecule has 4 nitrogen and oxygen atoms in total. The first-order valence-corrected chi connectivity index (χ1v) is 6.29. The maximum atomic E-state index is 11.1. The van der Waals surface area contributed by atoms with Crippen molar-refractivity contribution in [2.24, 2.45) is 11.7 Å². The van der Waals surface area contributed by atoms with Crippen LogP contribution in [-0.2, 0) is 0 Å². The third kappa shape index (κ3) is 3.39. The Balaban J connectivity index is 3.09. The fourth-order valence-electron chi connectivity index (χ4n) is 1.95. The van der Waals surface area contributed by atoms with Gasteiger partial charge in [0, 0.05) is 18.2 Å². The van der Waals surface area contributed by atoms with Crippen molar-refractivity contribution >= 4 is 17.3 Å². The van der Waals surface area contributed by atoms with Gasteiger partial charge in [-0.15, -0.1) is 0 Å². The number of nitrogens with zero attached hydrogens (tertiary/aromatic N) is 1. The number of amides is 1. The number of nitrogen functional groups attached to an aromatic ring is 1. The summed E-state index contributed by atoms with van der Waals surface area (Å²) in [5.41, 5.74) is 13.3. The number of carbonyl (C=O) groups is 1. The summed E-state index contributed by atoms with van der Waals surface area (Å²) in [6, 6.07) is 5.60. The summed E-state index contributed by atoms with van der Waals surface area (Å²) in [7, 11) is 0. The van der Waals surface area contributed by atoms with Gasteiger partial charge in [-0.2, -0.15) is 0 Å². The molecule has 0 aliphatic carbocycles. The first-order valence-electron chi connectivity index (χ1n) is 6.29. The first kappa shape index (κ1) is 14.4. The van der Waals surface area contributed by atoms with Gasteiger partial charge >= 0.3 is 0 Å². The van der Waals surface area contributed by atoms with Gasteiger partial charge in [-0.05, 0) is 38.0 Å². The van der Waals surface area contributed by atoms with Gasteiger partial charge in [-0.25, -0.2) is 0 Å². The Morgan fingerprint density at radius 1 is 1.28 bits per heavy atom. The smallest absolute Gasteiger partial charge is 0.248 e. The topological polar surface area (TPSA) is 72.3 Å². The second-order valence-corrected chi connectivity index (χ2v) is 5.28. The van der Waals surface area contributed by atoms with Crippen LogP contribution in [0.25, 0.3) is 0 Å². The molecule has 0 unspecified atom stereocenters. The van der Waals surface area contributed by atoms with Crippen LogP contribution in [0.5, 0.6) is 0 Å². The van der Waals surface area contributed by atoms with E-state index in [0.29, 0.717) is 23.2 Å². The summed E-state index contributed by atoms with van der Waals surface area (Å²) in [6.07, 6.45) is 0. The van der Waals surface area contributed by atoms with Gasteiger partial charge < -0.3 is 16.4 Å². The number of primary amides is 1. The van der Waals surface area contributed by atoms with Crippen molar-refractivity contribution < 1.29 is 4.79 Å². The molecular formula is C14H23N3O. The molecular weight excluding hydrogens is 226 g/mol. The summed E-state index contributed by atoms with van der Waals surface area (Å²) < 4.78 is 0. The highest BCUT2D eigenvalue weighted by Gasteiger charge is 2.15. The molecule has 0 heterocycles. The summed E-state index contributed by atoms with van der Waals surface area (Å²) in [5, 5.41) is 0. The standard InChI is InChI=1S/C14H23N3O/c1-9(2)8-17(10(3)4)13-6-5-11(14(16)18)7-12(13)15/h5-7,9-10H,8,15H2,1-4H3,(H2,16,18). The molecule has 0 saturated heterocycles. The zero-order valence-corrected chi connectivity index (χ0v) is 11.6. The van der Waals surface area contributed by atoms with Crippen LogP contribution < -0.4 is 16.4 Å². The maximum Gasteiger partial charge on any atom is 0.248 e. The number of hydrogen-bond acceptors (Lipinski definition) is 3. The lowest BCUT2D eigenvalue weighted by atomic mass is 10.1.